The monoisotopic (exact) mass is 612 g/mol. The molecule has 4 aromatic rings. The number of H-pyrrole nitrogens is 1. The molecule has 1 unspecified atom stereocenters. The van der Waals surface area contributed by atoms with Gasteiger partial charge in [-0.05, 0) is 74.5 Å². The van der Waals surface area contributed by atoms with Gasteiger partial charge in [-0.2, -0.15) is 0 Å². The second-order valence-corrected chi connectivity index (χ2v) is 12.7. The maximum Gasteiger partial charge on any atom is 0.220 e. The molecule has 6 rings (SSSR count). The number of benzene rings is 2. The van der Waals surface area contributed by atoms with Crippen molar-refractivity contribution in [2.45, 2.75) is 70.0 Å². The molecule has 8 nitrogen and oxygen atoms in total. The van der Waals surface area contributed by atoms with Gasteiger partial charge < -0.3 is 25.7 Å². The highest BCUT2D eigenvalue weighted by Crippen LogP contribution is 2.49. The fourth-order valence-corrected chi connectivity index (χ4v) is 7.21. The van der Waals surface area contributed by atoms with Crippen molar-refractivity contribution in [1.82, 2.24) is 20.2 Å². The van der Waals surface area contributed by atoms with Crippen LogP contribution in [0.1, 0.15) is 73.9 Å². The van der Waals surface area contributed by atoms with E-state index < -0.39 is 0 Å². The molecule has 1 fully saturated rings. The maximum atomic E-state index is 14.8. The minimum absolute atomic E-state index is 0.0679. The van der Waals surface area contributed by atoms with Crippen LogP contribution in [0.3, 0.4) is 0 Å². The first kappa shape index (κ1) is 31.0. The maximum absolute atomic E-state index is 14.8. The lowest BCUT2D eigenvalue weighted by Crippen LogP contribution is -2.52. The lowest BCUT2D eigenvalue weighted by molar-refractivity contribution is -0.121. The number of nitrogens with zero attached hydrogens (tertiary/aromatic N) is 3. The molecular weight excluding hydrogens is 567 g/mol. The van der Waals surface area contributed by atoms with Crippen LogP contribution in [0.4, 0.5) is 10.2 Å². The van der Waals surface area contributed by atoms with Gasteiger partial charge in [0.2, 0.25) is 5.91 Å². The van der Waals surface area contributed by atoms with Crippen molar-refractivity contribution in [3.63, 3.8) is 0 Å². The molecular formula is C36H45FN6O2. The summed E-state index contributed by atoms with van der Waals surface area (Å²) in [5.41, 5.74) is 10.9. The van der Waals surface area contributed by atoms with Gasteiger partial charge in [-0.15, -0.1) is 0 Å². The van der Waals surface area contributed by atoms with Crippen LogP contribution in [-0.4, -0.2) is 54.1 Å². The van der Waals surface area contributed by atoms with Crippen LogP contribution in [0, 0.1) is 5.82 Å². The molecule has 45 heavy (non-hydrogen) atoms. The summed E-state index contributed by atoms with van der Waals surface area (Å²) in [4.78, 5) is 25.5. The highest BCUT2D eigenvalue weighted by molar-refractivity contribution is 5.88. The predicted molar refractivity (Wildman–Crippen MR) is 177 cm³/mol. The van der Waals surface area contributed by atoms with Crippen LogP contribution in [0.2, 0.25) is 0 Å². The Morgan fingerprint density at radius 3 is 2.69 bits per heavy atom. The summed E-state index contributed by atoms with van der Waals surface area (Å²) in [6, 6.07) is 17.7. The van der Waals surface area contributed by atoms with Crippen molar-refractivity contribution in [2.24, 2.45) is 5.73 Å². The molecule has 9 heteroatoms. The van der Waals surface area contributed by atoms with Gasteiger partial charge in [0.15, 0.2) is 0 Å². The van der Waals surface area contributed by atoms with E-state index in [1.807, 2.05) is 24.4 Å². The number of fused-ring (bicyclic) bond motifs is 4. The average Bonchev–Trinajstić information content (AvgIpc) is 3.46. The van der Waals surface area contributed by atoms with Crippen molar-refractivity contribution in [3.05, 3.63) is 89.0 Å². The average molecular weight is 613 g/mol. The topological polar surface area (TPSA) is 99.5 Å². The summed E-state index contributed by atoms with van der Waals surface area (Å²) in [5.74, 6) is 1.70. The fourth-order valence-electron chi connectivity index (χ4n) is 7.21. The zero-order valence-corrected chi connectivity index (χ0v) is 26.4. The van der Waals surface area contributed by atoms with E-state index in [4.69, 9.17) is 15.5 Å². The molecule has 1 amide bonds. The third-order valence-electron chi connectivity index (χ3n) is 9.82. The number of aromatic nitrogens is 2. The quantitative estimate of drug-likeness (QED) is 0.181. The number of aromatic amines is 1. The number of rotatable bonds is 11. The minimum atomic E-state index is -0.155. The molecule has 1 atom stereocenters. The number of pyridine rings is 1. The fraction of sp³-hybridized carbons (Fsp3) is 0.444. The van der Waals surface area contributed by atoms with E-state index in [0.29, 0.717) is 26.1 Å². The van der Waals surface area contributed by atoms with E-state index >= 15 is 0 Å². The molecule has 2 aliphatic heterocycles. The minimum Gasteiger partial charge on any atom is -0.497 e. The molecule has 4 N–H and O–H groups in total. The number of carbonyl (C=O) groups excluding carboxylic acids is 1. The Kier molecular flexibility index (Phi) is 9.37. The first-order chi connectivity index (χ1) is 21.9. The number of ether oxygens (including phenoxy) is 1. The molecule has 0 bridgehead atoms. The lowest BCUT2D eigenvalue weighted by Gasteiger charge is -2.50. The first-order valence-electron chi connectivity index (χ1n) is 16.2. The molecule has 238 valence electrons. The Balaban J connectivity index is 1.19. The van der Waals surface area contributed by atoms with Crippen LogP contribution in [0.25, 0.3) is 10.9 Å². The zero-order chi connectivity index (χ0) is 31.4. The van der Waals surface area contributed by atoms with Crippen molar-refractivity contribution in [3.8, 4) is 5.75 Å². The highest BCUT2D eigenvalue weighted by Gasteiger charge is 2.46. The van der Waals surface area contributed by atoms with Crippen molar-refractivity contribution in [2.75, 3.05) is 38.2 Å². The van der Waals surface area contributed by atoms with Crippen LogP contribution < -0.4 is 20.7 Å². The van der Waals surface area contributed by atoms with Gasteiger partial charge in [0.25, 0.3) is 0 Å². The van der Waals surface area contributed by atoms with E-state index in [1.54, 1.807) is 19.2 Å². The Morgan fingerprint density at radius 2 is 1.96 bits per heavy atom. The van der Waals surface area contributed by atoms with Gasteiger partial charge in [-0.25, -0.2) is 9.37 Å². The van der Waals surface area contributed by atoms with Crippen LogP contribution in [0.5, 0.6) is 5.75 Å². The number of anilines is 1. The third-order valence-corrected chi connectivity index (χ3v) is 9.82. The number of hydrogen-bond donors (Lipinski definition) is 3. The second kappa shape index (κ2) is 13.6. The molecule has 0 aliphatic carbocycles. The van der Waals surface area contributed by atoms with Gasteiger partial charge in [-0.1, -0.05) is 30.7 Å². The molecule has 1 spiro atoms. The Bertz CT molecular complexity index is 1610. The molecule has 0 saturated carbocycles. The van der Waals surface area contributed by atoms with Crippen LogP contribution >= 0.6 is 0 Å². The summed E-state index contributed by atoms with van der Waals surface area (Å²) in [5, 5.41) is 4.26. The predicted octanol–water partition coefficient (Wildman–Crippen LogP) is 5.96. The molecule has 2 aliphatic rings. The Morgan fingerprint density at radius 1 is 1.13 bits per heavy atom. The number of amides is 1. The zero-order valence-electron chi connectivity index (χ0n) is 26.4. The number of nitrogens with one attached hydrogen (secondary N) is 2. The van der Waals surface area contributed by atoms with Gasteiger partial charge in [0.1, 0.15) is 17.4 Å². The lowest BCUT2D eigenvalue weighted by atomic mass is 9.68. The SMILES string of the molecule is COc1ccc2c3c([nH]c2c1)C(C)N(Cc1ccccc1F)CC31CCN(c2ccc(CNC(=O)CCCCCN)cn2)CC1. The number of unbranched alkanes of at least 4 members (excludes halogenated alkanes) is 2. The largest absolute Gasteiger partial charge is 0.497 e. The standard InChI is InChI=1S/C36H45FN6O2/c1-25-35-34(29-13-12-28(45-2)20-31(29)41-35)36(24-43(25)23-27-8-5-6-9-30(27)37)15-18-42(19-16-36)32-14-11-26(21-39-32)22-40-33(44)10-4-3-7-17-38/h5-6,8-9,11-14,20-21,25,41H,3-4,7,10,15-19,22-24,38H2,1-2H3,(H,40,44). The van der Waals surface area contributed by atoms with E-state index in [-0.39, 0.29) is 23.2 Å². The molecule has 4 heterocycles. The normalized spacial score (nSPS) is 17.9. The third kappa shape index (κ3) is 6.56. The number of nitrogens with two attached hydrogens (primary N) is 1. The number of methoxy groups -OCH3 is 1. The summed E-state index contributed by atoms with van der Waals surface area (Å²) >= 11 is 0. The Labute approximate surface area is 265 Å². The van der Waals surface area contributed by atoms with E-state index in [2.05, 4.69) is 51.3 Å². The molecule has 2 aromatic carbocycles. The van der Waals surface area contributed by atoms with Crippen molar-refractivity contribution < 1.29 is 13.9 Å². The van der Waals surface area contributed by atoms with E-state index in [0.717, 1.165) is 79.9 Å². The van der Waals surface area contributed by atoms with E-state index in [1.165, 1.54) is 16.6 Å². The van der Waals surface area contributed by atoms with Gasteiger partial charge in [0.05, 0.1) is 7.11 Å². The van der Waals surface area contributed by atoms with Crippen molar-refractivity contribution >= 4 is 22.6 Å². The van der Waals surface area contributed by atoms with Gasteiger partial charge in [-0.3, -0.25) is 9.69 Å². The van der Waals surface area contributed by atoms with Crippen LogP contribution in [0.15, 0.2) is 60.8 Å². The molecule has 0 radical (unpaired) electrons. The highest BCUT2D eigenvalue weighted by atomic mass is 19.1. The van der Waals surface area contributed by atoms with E-state index in [9.17, 15) is 9.18 Å². The number of carbonyl (C=O) groups is 1. The molecule has 2 aromatic heterocycles. The van der Waals surface area contributed by atoms with Crippen LogP contribution in [-0.2, 0) is 23.3 Å². The van der Waals surface area contributed by atoms with Crippen molar-refractivity contribution in [1.29, 1.82) is 0 Å². The van der Waals surface area contributed by atoms with Gasteiger partial charge >= 0.3 is 0 Å². The number of hydrogen-bond acceptors (Lipinski definition) is 6. The summed E-state index contributed by atoms with van der Waals surface area (Å²) in [6.45, 7) is 6.54. The summed E-state index contributed by atoms with van der Waals surface area (Å²) < 4.78 is 20.3. The molecule has 1 saturated heterocycles. The smallest absolute Gasteiger partial charge is 0.220 e. The second-order valence-electron chi connectivity index (χ2n) is 12.7. The number of piperidine rings is 1. The Hall–Kier alpha value is -3.95. The summed E-state index contributed by atoms with van der Waals surface area (Å²) in [6.07, 6.45) is 7.13. The number of halogens is 1. The first-order valence-corrected chi connectivity index (χ1v) is 16.2. The summed E-state index contributed by atoms with van der Waals surface area (Å²) in [7, 11) is 1.70. The van der Waals surface area contributed by atoms with Gasteiger partial charge in [0, 0.05) is 85.0 Å².